The first kappa shape index (κ1) is 25.3. The van der Waals surface area contributed by atoms with E-state index >= 15 is 0 Å². The molecule has 0 saturated carbocycles. The van der Waals surface area contributed by atoms with Crippen molar-refractivity contribution in [2.24, 2.45) is 0 Å². The summed E-state index contributed by atoms with van der Waals surface area (Å²) in [5, 5.41) is 2.75. The van der Waals surface area contributed by atoms with Gasteiger partial charge in [0.1, 0.15) is 30.4 Å². The third kappa shape index (κ3) is 5.78. The zero-order chi connectivity index (χ0) is 26.5. The Morgan fingerprint density at radius 1 is 0.868 bits per heavy atom. The molecular formula is C31H31N3O4. The number of pyridine rings is 1. The summed E-state index contributed by atoms with van der Waals surface area (Å²) in [6.45, 7) is 5.36. The average molecular weight is 510 g/mol. The van der Waals surface area contributed by atoms with Crippen molar-refractivity contribution < 1.29 is 19.1 Å². The standard InChI is InChI=1S/C31H31N3O4/c1-21-18-27(19-22(2)32-21)38-17-16-37-26-13-11-24(12-14-26)33-31(36)30(35)29-28(23-8-4-3-5-9-23)20-25-10-6-7-15-34(25)29/h3-5,8-9,11-14,18-20H,6-7,10,15-17H2,1-2H3,(H,33,36). The smallest absolute Gasteiger partial charge is 0.298 e. The number of Topliss-reactive ketones (excluding diaryl/α,β-unsaturated/α-hetero) is 1. The lowest BCUT2D eigenvalue weighted by atomic mass is 10.0. The van der Waals surface area contributed by atoms with Crippen molar-refractivity contribution in [3.63, 3.8) is 0 Å². The van der Waals surface area contributed by atoms with Crippen molar-refractivity contribution in [1.29, 1.82) is 0 Å². The molecule has 3 heterocycles. The fraction of sp³-hybridized carbons (Fsp3) is 0.258. The summed E-state index contributed by atoms with van der Waals surface area (Å²) < 4.78 is 13.5. The molecule has 38 heavy (non-hydrogen) atoms. The second kappa shape index (κ2) is 11.3. The summed E-state index contributed by atoms with van der Waals surface area (Å²) in [5.41, 5.74) is 5.65. The van der Waals surface area contributed by atoms with E-state index in [0.717, 1.165) is 59.8 Å². The van der Waals surface area contributed by atoms with E-state index in [-0.39, 0.29) is 0 Å². The first-order valence-corrected chi connectivity index (χ1v) is 12.9. The summed E-state index contributed by atoms with van der Waals surface area (Å²) >= 11 is 0. The minimum absolute atomic E-state index is 0.367. The van der Waals surface area contributed by atoms with E-state index in [1.807, 2.05) is 60.9 Å². The molecule has 2 aromatic heterocycles. The number of ether oxygens (including phenoxy) is 2. The lowest BCUT2D eigenvalue weighted by molar-refractivity contribution is -0.112. The van der Waals surface area contributed by atoms with Gasteiger partial charge in [-0.3, -0.25) is 14.6 Å². The van der Waals surface area contributed by atoms with Crippen LogP contribution in [0.4, 0.5) is 5.69 Å². The van der Waals surface area contributed by atoms with Crippen molar-refractivity contribution in [1.82, 2.24) is 9.55 Å². The van der Waals surface area contributed by atoms with Gasteiger partial charge < -0.3 is 19.4 Å². The maximum absolute atomic E-state index is 13.4. The van der Waals surface area contributed by atoms with Crippen molar-refractivity contribution in [2.45, 2.75) is 39.7 Å². The third-order valence-corrected chi connectivity index (χ3v) is 6.54. The molecule has 1 amide bonds. The van der Waals surface area contributed by atoms with Crippen molar-refractivity contribution in [3.8, 4) is 22.6 Å². The second-order valence-electron chi connectivity index (χ2n) is 9.46. The molecule has 0 unspecified atom stereocenters. The van der Waals surface area contributed by atoms with Gasteiger partial charge in [0.2, 0.25) is 0 Å². The van der Waals surface area contributed by atoms with E-state index in [2.05, 4.69) is 16.4 Å². The normalized spacial score (nSPS) is 12.5. The van der Waals surface area contributed by atoms with E-state index in [1.165, 1.54) is 0 Å². The van der Waals surface area contributed by atoms with Crippen LogP contribution in [0.1, 0.15) is 40.4 Å². The minimum Gasteiger partial charge on any atom is -0.490 e. The molecule has 0 atom stereocenters. The zero-order valence-corrected chi connectivity index (χ0v) is 21.7. The summed E-state index contributed by atoms with van der Waals surface area (Å²) in [5.74, 6) is 0.225. The van der Waals surface area contributed by atoms with Gasteiger partial charge in [-0.1, -0.05) is 30.3 Å². The van der Waals surface area contributed by atoms with Gasteiger partial charge >= 0.3 is 0 Å². The monoisotopic (exact) mass is 509 g/mol. The molecule has 1 N–H and O–H groups in total. The number of anilines is 1. The number of benzene rings is 2. The van der Waals surface area contributed by atoms with Crippen LogP contribution in [-0.4, -0.2) is 34.5 Å². The van der Waals surface area contributed by atoms with Gasteiger partial charge in [-0.2, -0.15) is 0 Å². The highest BCUT2D eigenvalue weighted by atomic mass is 16.5. The summed E-state index contributed by atoms with van der Waals surface area (Å²) in [6.07, 6.45) is 2.98. The number of aromatic nitrogens is 2. The quantitative estimate of drug-likeness (QED) is 0.176. The molecule has 0 aliphatic carbocycles. The molecule has 0 bridgehead atoms. The topological polar surface area (TPSA) is 82.5 Å². The molecule has 5 rings (SSSR count). The van der Waals surface area contributed by atoms with Crippen LogP contribution in [0.5, 0.6) is 11.5 Å². The maximum Gasteiger partial charge on any atom is 0.298 e. The molecule has 7 heteroatoms. The largest absolute Gasteiger partial charge is 0.490 e. The van der Waals surface area contributed by atoms with Gasteiger partial charge in [0.15, 0.2) is 0 Å². The van der Waals surface area contributed by atoms with Gasteiger partial charge in [0, 0.05) is 47.0 Å². The van der Waals surface area contributed by atoms with Crippen molar-refractivity contribution in [2.75, 3.05) is 18.5 Å². The Morgan fingerprint density at radius 3 is 2.26 bits per heavy atom. The van der Waals surface area contributed by atoms with Crippen LogP contribution in [0.3, 0.4) is 0 Å². The van der Waals surface area contributed by atoms with Gasteiger partial charge in [-0.05, 0) is 69.0 Å². The lowest BCUT2D eigenvalue weighted by Crippen LogP contribution is -2.27. The Balaban J connectivity index is 1.21. The van der Waals surface area contributed by atoms with Crippen molar-refractivity contribution >= 4 is 17.4 Å². The van der Waals surface area contributed by atoms with E-state index in [0.29, 0.717) is 30.3 Å². The molecule has 1 aliphatic rings. The molecule has 4 aromatic rings. The predicted octanol–water partition coefficient (Wildman–Crippen LogP) is 5.78. The molecule has 2 aromatic carbocycles. The van der Waals surface area contributed by atoms with E-state index in [4.69, 9.17) is 9.47 Å². The van der Waals surface area contributed by atoms with E-state index in [1.54, 1.807) is 24.3 Å². The molecule has 0 spiro atoms. The highest BCUT2D eigenvalue weighted by molar-refractivity contribution is 6.47. The van der Waals surface area contributed by atoms with Crippen molar-refractivity contribution in [3.05, 3.63) is 95.6 Å². The minimum atomic E-state index is -0.654. The van der Waals surface area contributed by atoms with Gasteiger partial charge in [0.05, 0.1) is 0 Å². The molecule has 1 aliphatic heterocycles. The fourth-order valence-corrected chi connectivity index (χ4v) is 4.85. The molecule has 194 valence electrons. The van der Waals surface area contributed by atoms with Gasteiger partial charge in [0.25, 0.3) is 11.7 Å². The summed E-state index contributed by atoms with van der Waals surface area (Å²) in [4.78, 5) is 30.8. The number of nitrogens with one attached hydrogen (secondary N) is 1. The summed E-state index contributed by atoms with van der Waals surface area (Å²) in [7, 11) is 0. The zero-order valence-electron chi connectivity index (χ0n) is 21.7. The number of hydrogen-bond donors (Lipinski definition) is 1. The van der Waals surface area contributed by atoms with Crippen LogP contribution in [0, 0.1) is 13.8 Å². The van der Waals surface area contributed by atoms with Crippen LogP contribution < -0.4 is 14.8 Å². The van der Waals surface area contributed by atoms with Crippen LogP contribution in [0.25, 0.3) is 11.1 Å². The number of nitrogens with zero attached hydrogens (tertiary/aromatic N) is 2. The number of amides is 1. The number of carbonyl (C=O) groups is 2. The molecule has 7 nitrogen and oxygen atoms in total. The second-order valence-corrected chi connectivity index (χ2v) is 9.46. The van der Waals surface area contributed by atoms with Crippen LogP contribution >= 0.6 is 0 Å². The lowest BCUT2D eigenvalue weighted by Gasteiger charge is -2.17. The van der Waals surface area contributed by atoms with Crippen LogP contribution in [-0.2, 0) is 17.8 Å². The Morgan fingerprint density at radius 2 is 1.55 bits per heavy atom. The Hall–Kier alpha value is -4.39. The first-order chi connectivity index (χ1) is 18.5. The molecule has 0 fully saturated rings. The number of carbonyl (C=O) groups excluding carboxylic acids is 2. The molecule has 0 saturated heterocycles. The SMILES string of the molecule is Cc1cc(OCCOc2ccc(NC(=O)C(=O)c3c(-c4ccccc4)cc4n3CCCC4)cc2)cc(C)n1. The molecule has 0 radical (unpaired) electrons. The third-order valence-electron chi connectivity index (χ3n) is 6.54. The summed E-state index contributed by atoms with van der Waals surface area (Å²) in [6, 6.07) is 22.6. The number of hydrogen-bond acceptors (Lipinski definition) is 5. The fourth-order valence-electron chi connectivity index (χ4n) is 4.85. The number of fused-ring (bicyclic) bond motifs is 1. The Bertz CT molecular complexity index is 1420. The molecular weight excluding hydrogens is 478 g/mol. The average Bonchev–Trinajstić information content (AvgIpc) is 3.31. The van der Waals surface area contributed by atoms with E-state index < -0.39 is 11.7 Å². The van der Waals surface area contributed by atoms with E-state index in [9.17, 15) is 9.59 Å². The Kier molecular flexibility index (Phi) is 7.54. The first-order valence-electron chi connectivity index (χ1n) is 12.9. The number of rotatable bonds is 9. The number of aryl methyl sites for hydroxylation is 3. The maximum atomic E-state index is 13.4. The highest BCUT2D eigenvalue weighted by Gasteiger charge is 2.28. The predicted molar refractivity (Wildman–Crippen MR) is 147 cm³/mol. The van der Waals surface area contributed by atoms with Gasteiger partial charge in [-0.15, -0.1) is 0 Å². The van der Waals surface area contributed by atoms with Crippen LogP contribution in [0.15, 0.2) is 72.8 Å². The Labute approximate surface area is 222 Å². The van der Waals surface area contributed by atoms with Crippen LogP contribution in [0.2, 0.25) is 0 Å². The highest BCUT2D eigenvalue weighted by Crippen LogP contribution is 2.31. The van der Waals surface area contributed by atoms with Gasteiger partial charge in [-0.25, -0.2) is 0 Å². The number of ketones is 1.